The molecule has 0 aliphatic rings. The van der Waals surface area contributed by atoms with E-state index in [0.717, 1.165) is 0 Å². The first kappa shape index (κ1) is 13.6. The predicted octanol–water partition coefficient (Wildman–Crippen LogP) is 3.41. The zero-order valence-corrected chi connectivity index (χ0v) is 11.3. The molecule has 0 fully saturated rings. The molecule has 0 aliphatic carbocycles. The van der Waals surface area contributed by atoms with Gasteiger partial charge < -0.3 is 10.1 Å². The molecule has 98 valence electrons. The number of aromatic nitrogens is 1. The van der Waals surface area contributed by atoms with Crippen LogP contribution in [-0.2, 0) is 4.79 Å². The van der Waals surface area contributed by atoms with Gasteiger partial charge in [-0.2, -0.15) is 0 Å². The molecule has 1 aromatic heterocycles. The van der Waals surface area contributed by atoms with Gasteiger partial charge in [-0.05, 0) is 30.3 Å². The fourth-order valence-electron chi connectivity index (χ4n) is 1.35. The summed E-state index contributed by atoms with van der Waals surface area (Å²) in [5.41, 5.74) is 0.564. The van der Waals surface area contributed by atoms with Crippen LogP contribution in [0.2, 0.25) is 10.0 Å². The highest BCUT2D eigenvalue weighted by Crippen LogP contribution is 2.24. The summed E-state index contributed by atoms with van der Waals surface area (Å²) in [6.07, 6.45) is 3.16. The van der Waals surface area contributed by atoms with Crippen molar-refractivity contribution in [2.24, 2.45) is 0 Å². The molecule has 1 amide bonds. The van der Waals surface area contributed by atoms with E-state index in [1.54, 1.807) is 36.5 Å². The summed E-state index contributed by atoms with van der Waals surface area (Å²) in [6, 6.07) is 8.30. The highest BCUT2D eigenvalue weighted by Gasteiger charge is 2.05. The molecule has 0 saturated carbocycles. The van der Waals surface area contributed by atoms with Gasteiger partial charge in [0.1, 0.15) is 5.75 Å². The van der Waals surface area contributed by atoms with Crippen LogP contribution in [0.1, 0.15) is 0 Å². The van der Waals surface area contributed by atoms with Crippen LogP contribution in [0.3, 0.4) is 0 Å². The summed E-state index contributed by atoms with van der Waals surface area (Å²) in [7, 11) is 0. The van der Waals surface area contributed by atoms with Crippen LogP contribution in [-0.4, -0.2) is 17.5 Å². The van der Waals surface area contributed by atoms with E-state index < -0.39 is 0 Å². The minimum atomic E-state index is -0.290. The van der Waals surface area contributed by atoms with Gasteiger partial charge in [0.15, 0.2) is 6.61 Å². The molecule has 0 aliphatic heterocycles. The van der Waals surface area contributed by atoms with E-state index in [1.165, 1.54) is 6.20 Å². The fourth-order valence-corrected chi connectivity index (χ4v) is 1.65. The Morgan fingerprint density at radius 2 is 2.11 bits per heavy atom. The molecule has 0 saturated heterocycles. The van der Waals surface area contributed by atoms with Gasteiger partial charge in [-0.25, -0.2) is 0 Å². The zero-order chi connectivity index (χ0) is 13.7. The molecule has 4 nitrogen and oxygen atoms in total. The lowest BCUT2D eigenvalue weighted by Crippen LogP contribution is -2.20. The number of halogens is 2. The lowest BCUT2D eigenvalue weighted by atomic mass is 10.3. The van der Waals surface area contributed by atoms with E-state index in [1.807, 2.05) is 0 Å². The summed E-state index contributed by atoms with van der Waals surface area (Å²) in [4.78, 5) is 15.5. The highest BCUT2D eigenvalue weighted by molar-refractivity contribution is 6.42. The number of amides is 1. The minimum Gasteiger partial charge on any atom is -0.482 e. The number of pyridine rings is 1. The molecule has 0 radical (unpaired) electrons. The normalized spacial score (nSPS) is 10.0. The Bertz CT molecular complexity index is 576. The Labute approximate surface area is 120 Å². The van der Waals surface area contributed by atoms with Crippen molar-refractivity contribution in [1.82, 2.24) is 4.98 Å². The molecule has 0 bridgehead atoms. The molecule has 1 N–H and O–H groups in total. The Morgan fingerprint density at radius 1 is 1.26 bits per heavy atom. The van der Waals surface area contributed by atoms with Gasteiger partial charge in [0.25, 0.3) is 5.91 Å². The zero-order valence-electron chi connectivity index (χ0n) is 9.77. The van der Waals surface area contributed by atoms with Crippen LogP contribution in [0.15, 0.2) is 42.7 Å². The SMILES string of the molecule is O=C(COc1cccnc1)Nc1ccc(Cl)c(Cl)c1. The van der Waals surface area contributed by atoms with E-state index in [0.29, 0.717) is 21.5 Å². The number of anilines is 1. The lowest BCUT2D eigenvalue weighted by Gasteiger charge is -2.07. The van der Waals surface area contributed by atoms with Crippen LogP contribution in [0, 0.1) is 0 Å². The number of carbonyl (C=O) groups is 1. The monoisotopic (exact) mass is 296 g/mol. The smallest absolute Gasteiger partial charge is 0.262 e. The highest BCUT2D eigenvalue weighted by atomic mass is 35.5. The Balaban J connectivity index is 1.89. The molecule has 6 heteroatoms. The topological polar surface area (TPSA) is 51.2 Å². The summed E-state index contributed by atoms with van der Waals surface area (Å²) < 4.78 is 5.26. The average Bonchev–Trinajstić information content (AvgIpc) is 2.42. The van der Waals surface area contributed by atoms with Crippen molar-refractivity contribution in [3.63, 3.8) is 0 Å². The third-order valence-electron chi connectivity index (χ3n) is 2.21. The van der Waals surface area contributed by atoms with Crippen LogP contribution < -0.4 is 10.1 Å². The molecule has 2 rings (SSSR count). The Hall–Kier alpha value is -1.78. The van der Waals surface area contributed by atoms with Crippen LogP contribution in [0.5, 0.6) is 5.75 Å². The van der Waals surface area contributed by atoms with Crippen molar-refractivity contribution in [3.05, 3.63) is 52.8 Å². The lowest BCUT2D eigenvalue weighted by molar-refractivity contribution is -0.118. The summed E-state index contributed by atoms with van der Waals surface area (Å²) in [5, 5.41) is 3.47. The maximum absolute atomic E-state index is 11.6. The second-order valence-electron chi connectivity index (χ2n) is 3.65. The number of carbonyl (C=O) groups excluding carboxylic acids is 1. The van der Waals surface area contributed by atoms with E-state index in [-0.39, 0.29) is 12.5 Å². The predicted molar refractivity (Wildman–Crippen MR) is 74.8 cm³/mol. The molecule has 19 heavy (non-hydrogen) atoms. The van der Waals surface area contributed by atoms with Gasteiger partial charge in [0.2, 0.25) is 0 Å². The Morgan fingerprint density at radius 3 is 2.79 bits per heavy atom. The van der Waals surface area contributed by atoms with Crippen LogP contribution in [0.4, 0.5) is 5.69 Å². The molecule has 2 aromatic rings. The molecule has 0 atom stereocenters. The number of benzene rings is 1. The van der Waals surface area contributed by atoms with E-state index >= 15 is 0 Å². The standard InChI is InChI=1S/C13H10Cl2N2O2/c14-11-4-3-9(6-12(11)15)17-13(18)8-19-10-2-1-5-16-7-10/h1-7H,8H2,(H,17,18). The maximum Gasteiger partial charge on any atom is 0.262 e. The largest absolute Gasteiger partial charge is 0.482 e. The maximum atomic E-state index is 11.6. The molecular weight excluding hydrogens is 287 g/mol. The molecule has 1 aromatic carbocycles. The quantitative estimate of drug-likeness (QED) is 0.941. The molecule has 0 spiro atoms. The first-order valence-electron chi connectivity index (χ1n) is 5.43. The van der Waals surface area contributed by atoms with Crippen molar-refractivity contribution >= 4 is 34.8 Å². The van der Waals surface area contributed by atoms with Crippen molar-refractivity contribution in [3.8, 4) is 5.75 Å². The second kappa shape index (κ2) is 6.41. The average molecular weight is 297 g/mol. The fraction of sp³-hybridized carbons (Fsp3) is 0.0769. The van der Waals surface area contributed by atoms with Crippen molar-refractivity contribution < 1.29 is 9.53 Å². The number of nitrogens with one attached hydrogen (secondary N) is 1. The van der Waals surface area contributed by atoms with E-state index in [4.69, 9.17) is 27.9 Å². The molecule has 0 unspecified atom stereocenters. The Kier molecular flexibility index (Phi) is 4.60. The van der Waals surface area contributed by atoms with Crippen LogP contribution >= 0.6 is 23.2 Å². The van der Waals surface area contributed by atoms with Crippen molar-refractivity contribution in [2.75, 3.05) is 11.9 Å². The van der Waals surface area contributed by atoms with Crippen molar-refractivity contribution in [2.45, 2.75) is 0 Å². The number of hydrogen-bond donors (Lipinski definition) is 1. The summed E-state index contributed by atoms with van der Waals surface area (Å²) >= 11 is 11.6. The second-order valence-corrected chi connectivity index (χ2v) is 4.47. The third kappa shape index (κ3) is 4.12. The summed E-state index contributed by atoms with van der Waals surface area (Å²) in [6.45, 7) is -0.105. The molecule has 1 heterocycles. The molecular formula is C13H10Cl2N2O2. The third-order valence-corrected chi connectivity index (χ3v) is 2.95. The van der Waals surface area contributed by atoms with Gasteiger partial charge >= 0.3 is 0 Å². The first-order chi connectivity index (χ1) is 9.15. The number of nitrogens with zero attached hydrogens (tertiary/aromatic N) is 1. The van der Waals surface area contributed by atoms with Gasteiger partial charge in [-0.3, -0.25) is 9.78 Å². The van der Waals surface area contributed by atoms with Gasteiger partial charge in [0, 0.05) is 11.9 Å². The minimum absolute atomic E-state index is 0.105. The van der Waals surface area contributed by atoms with E-state index in [9.17, 15) is 4.79 Å². The first-order valence-corrected chi connectivity index (χ1v) is 6.18. The van der Waals surface area contributed by atoms with Gasteiger partial charge in [-0.1, -0.05) is 23.2 Å². The van der Waals surface area contributed by atoms with Gasteiger partial charge in [-0.15, -0.1) is 0 Å². The number of rotatable bonds is 4. The summed E-state index contributed by atoms with van der Waals surface area (Å²) in [5.74, 6) is 0.244. The number of ether oxygens (including phenoxy) is 1. The number of hydrogen-bond acceptors (Lipinski definition) is 3. The van der Waals surface area contributed by atoms with Crippen LogP contribution in [0.25, 0.3) is 0 Å². The van der Waals surface area contributed by atoms with Gasteiger partial charge in [0.05, 0.1) is 16.2 Å². The van der Waals surface area contributed by atoms with E-state index in [2.05, 4.69) is 10.3 Å². The van der Waals surface area contributed by atoms with Crippen molar-refractivity contribution in [1.29, 1.82) is 0 Å².